The fourth-order valence-corrected chi connectivity index (χ4v) is 2.22. The summed E-state index contributed by atoms with van der Waals surface area (Å²) in [5.74, 6) is -1.03. The van der Waals surface area contributed by atoms with Crippen LogP contribution in [0.5, 0.6) is 0 Å². The predicted octanol–water partition coefficient (Wildman–Crippen LogP) is 2.69. The molecule has 0 aliphatic heterocycles. The molecule has 3 aromatic rings. The van der Waals surface area contributed by atoms with Gasteiger partial charge in [0.1, 0.15) is 12.4 Å². The Hall–Kier alpha value is -3.28. The largest absolute Gasteiger partial charge is 0.322 e. The molecule has 0 fully saturated rings. The molecule has 1 amide bonds. The van der Waals surface area contributed by atoms with Crippen molar-refractivity contribution >= 4 is 11.6 Å². The average molecular weight is 323 g/mol. The third-order valence-corrected chi connectivity index (χ3v) is 3.41. The van der Waals surface area contributed by atoms with E-state index < -0.39 is 11.7 Å². The van der Waals surface area contributed by atoms with Gasteiger partial charge in [-0.05, 0) is 12.1 Å². The molecule has 0 saturated carbocycles. The Labute approximate surface area is 137 Å². The zero-order chi connectivity index (χ0) is 16.9. The van der Waals surface area contributed by atoms with Crippen molar-refractivity contribution in [3.8, 4) is 11.3 Å². The van der Waals surface area contributed by atoms with E-state index in [1.54, 1.807) is 6.07 Å². The lowest BCUT2D eigenvalue weighted by Crippen LogP contribution is -2.27. The highest BCUT2D eigenvalue weighted by molar-refractivity contribution is 5.90. The smallest absolute Gasteiger partial charge is 0.254 e. The van der Waals surface area contributed by atoms with Crippen molar-refractivity contribution in [3.05, 3.63) is 83.2 Å². The number of amides is 1. The summed E-state index contributed by atoms with van der Waals surface area (Å²) in [6.45, 7) is -0.241. The second kappa shape index (κ2) is 6.87. The molecule has 6 heteroatoms. The molecule has 0 aliphatic rings. The summed E-state index contributed by atoms with van der Waals surface area (Å²) in [5.41, 5.74) is 1.07. The van der Waals surface area contributed by atoms with Crippen molar-refractivity contribution in [2.45, 2.75) is 6.54 Å². The van der Waals surface area contributed by atoms with Gasteiger partial charge in [-0.25, -0.2) is 9.37 Å². The zero-order valence-electron chi connectivity index (χ0n) is 12.6. The standard InChI is InChI=1S/C18H14FN3O2/c19-14-8-4-5-9-15(14)21-17(23)11-22-12-20-16(10-18(22)24)13-6-2-1-3-7-13/h1-10,12H,11H2,(H,21,23). The van der Waals surface area contributed by atoms with Crippen LogP contribution in [0.25, 0.3) is 11.3 Å². The summed E-state index contributed by atoms with van der Waals surface area (Å²) in [5, 5.41) is 2.43. The number of aromatic nitrogens is 2. The van der Waals surface area contributed by atoms with Gasteiger partial charge in [0.05, 0.1) is 17.7 Å². The molecular formula is C18H14FN3O2. The number of rotatable bonds is 4. The molecule has 2 aromatic carbocycles. The van der Waals surface area contributed by atoms with Crippen LogP contribution in [0.1, 0.15) is 0 Å². The molecule has 1 heterocycles. The number of para-hydroxylation sites is 1. The van der Waals surface area contributed by atoms with Crippen LogP contribution in [0.4, 0.5) is 10.1 Å². The third-order valence-electron chi connectivity index (χ3n) is 3.41. The van der Waals surface area contributed by atoms with E-state index in [-0.39, 0.29) is 17.8 Å². The molecule has 0 atom stereocenters. The first kappa shape index (κ1) is 15.6. The molecule has 0 aliphatic carbocycles. The van der Waals surface area contributed by atoms with Crippen molar-refractivity contribution in [2.24, 2.45) is 0 Å². The van der Waals surface area contributed by atoms with E-state index in [0.29, 0.717) is 5.69 Å². The molecule has 5 nitrogen and oxygen atoms in total. The average Bonchev–Trinajstić information content (AvgIpc) is 2.59. The van der Waals surface area contributed by atoms with Crippen LogP contribution in [-0.2, 0) is 11.3 Å². The third kappa shape index (κ3) is 3.55. The number of nitrogens with one attached hydrogen (secondary N) is 1. The lowest BCUT2D eigenvalue weighted by atomic mass is 10.1. The molecule has 0 bridgehead atoms. The maximum Gasteiger partial charge on any atom is 0.254 e. The van der Waals surface area contributed by atoms with Gasteiger partial charge >= 0.3 is 0 Å². The summed E-state index contributed by atoms with van der Waals surface area (Å²) in [4.78, 5) is 28.3. The first-order valence-corrected chi connectivity index (χ1v) is 7.30. The van der Waals surface area contributed by atoms with E-state index in [4.69, 9.17) is 0 Å². The van der Waals surface area contributed by atoms with Crippen LogP contribution < -0.4 is 10.9 Å². The fourth-order valence-electron chi connectivity index (χ4n) is 2.22. The Morgan fingerprint density at radius 3 is 2.50 bits per heavy atom. The Balaban J connectivity index is 1.75. The minimum atomic E-state index is -0.532. The number of halogens is 1. The quantitative estimate of drug-likeness (QED) is 0.803. The van der Waals surface area contributed by atoms with E-state index in [1.165, 1.54) is 35.2 Å². The molecule has 120 valence electrons. The maximum absolute atomic E-state index is 13.5. The molecule has 0 radical (unpaired) electrons. The highest BCUT2D eigenvalue weighted by Crippen LogP contribution is 2.14. The number of anilines is 1. The molecule has 1 aromatic heterocycles. The van der Waals surface area contributed by atoms with Crippen molar-refractivity contribution < 1.29 is 9.18 Å². The predicted molar refractivity (Wildman–Crippen MR) is 89.0 cm³/mol. The molecule has 0 spiro atoms. The summed E-state index contributed by atoms with van der Waals surface area (Å²) in [6, 6.07) is 16.5. The monoisotopic (exact) mass is 323 g/mol. The van der Waals surface area contributed by atoms with Gasteiger partial charge in [-0.1, -0.05) is 42.5 Å². The molecule has 24 heavy (non-hydrogen) atoms. The number of nitrogens with zero attached hydrogens (tertiary/aromatic N) is 2. The van der Waals surface area contributed by atoms with E-state index in [0.717, 1.165) is 5.56 Å². The summed E-state index contributed by atoms with van der Waals surface area (Å²) >= 11 is 0. The lowest BCUT2D eigenvalue weighted by Gasteiger charge is -2.08. The zero-order valence-corrected chi connectivity index (χ0v) is 12.6. The lowest BCUT2D eigenvalue weighted by molar-refractivity contribution is -0.116. The van der Waals surface area contributed by atoms with Crippen LogP contribution in [0.3, 0.4) is 0 Å². The Morgan fingerprint density at radius 2 is 1.79 bits per heavy atom. The molecule has 1 N–H and O–H groups in total. The highest BCUT2D eigenvalue weighted by Gasteiger charge is 2.09. The Bertz CT molecular complexity index is 923. The van der Waals surface area contributed by atoms with Gasteiger partial charge in [0.25, 0.3) is 5.56 Å². The van der Waals surface area contributed by atoms with Gasteiger partial charge in [0, 0.05) is 11.6 Å². The van der Waals surface area contributed by atoms with Crippen molar-refractivity contribution in [3.63, 3.8) is 0 Å². The van der Waals surface area contributed by atoms with E-state index in [9.17, 15) is 14.0 Å². The summed E-state index contributed by atoms with van der Waals surface area (Å²) < 4.78 is 14.7. The van der Waals surface area contributed by atoms with Crippen LogP contribution in [0.15, 0.2) is 71.8 Å². The first-order valence-electron chi connectivity index (χ1n) is 7.30. The van der Waals surface area contributed by atoms with Crippen molar-refractivity contribution in [2.75, 3.05) is 5.32 Å². The topological polar surface area (TPSA) is 64.0 Å². The van der Waals surface area contributed by atoms with Crippen LogP contribution >= 0.6 is 0 Å². The number of carbonyl (C=O) groups excluding carboxylic acids is 1. The van der Waals surface area contributed by atoms with Crippen LogP contribution in [-0.4, -0.2) is 15.5 Å². The number of hydrogen-bond donors (Lipinski definition) is 1. The summed E-state index contributed by atoms with van der Waals surface area (Å²) in [6.07, 6.45) is 1.31. The van der Waals surface area contributed by atoms with E-state index in [1.807, 2.05) is 30.3 Å². The SMILES string of the molecule is O=C(Cn1cnc(-c2ccccc2)cc1=O)Nc1ccccc1F. The molecule has 0 unspecified atom stereocenters. The maximum atomic E-state index is 13.5. The van der Waals surface area contributed by atoms with Gasteiger partial charge in [-0.15, -0.1) is 0 Å². The van der Waals surface area contributed by atoms with Gasteiger partial charge in [0.2, 0.25) is 5.91 Å². The minimum Gasteiger partial charge on any atom is -0.322 e. The first-order chi connectivity index (χ1) is 11.6. The number of carbonyl (C=O) groups is 1. The Kier molecular flexibility index (Phi) is 4.47. The minimum absolute atomic E-state index is 0.0735. The van der Waals surface area contributed by atoms with Crippen molar-refractivity contribution in [1.29, 1.82) is 0 Å². The van der Waals surface area contributed by atoms with Gasteiger partial charge < -0.3 is 5.32 Å². The van der Waals surface area contributed by atoms with E-state index >= 15 is 0 Å². The van der Waals surface area contributed by atoms with Crippen LogP contribution in [0, 0.1) is 5.82 Å². The van der Waals surface area contributed by atoms with Gasteiger partial charge in [-0.3, -0.25) is 14.2 Å². The van der Waals surface area contributed by atoms with Gasteiger partial charge in [0.15, 0.2) is 0 Å². The number of hydrogen-bond acceptors (Lipinski definition) is 3. The normalized spacial score (nSPS) is 10.4. The Morgan fingerprint density at radius 1 is 1.08 bits per heavy atom. The van der Waals surface area contributed by atoms with Gasteiger partial charge in [-0.2, -0.15) is 0 Å². The summed E-state index contributed by atoms with van der Waals surface area (Å²) in [7, 11) is 0. The fraction of sp³-hybridized carbons (Fsp3) is 0.0556. The second-order valence-corrected chi connectivity index (χ2v) is 5.13. The second-order valence-electron chi connectivity index (χ2n) is 5.13. The van der Waals surface area contributed by atoms with E-state index in [2.05, 4.69) is 10.3 Å². The number of benzene rings is 2. The molecule has 3 rings (SSSR count). The van der Waals surface area contributed by atoms with Crippen LogP contribution in [0.2, 0.25) is 0 Å². The molecule has 0 saturated heterocycles. The highest BCUT2D eigenvalue weighted by atomic mass is 19.1. The molecular weight excluding hydrogens is 309 g/mol. The van der Waals surface area contributed by atoms with Crippen molar-refractivity contribution in [1.82, 2.24) is 9.55 Å².